The van der Waals surface area contributed by atoms with E-state index in [0.29, 0.717) is 0 Å². The number of rotatable bonds is 3. The van der Waals surface area contributed by atoms with Crippen LogP contribution in [-0.2, 0) is 0 Å². The molecule has 0 aliphatic rings. The molecule has 0 saturated heterocycles. The fraction of sp³-hybridized carbons (Fsp3) is 0.200. The molecule has 0 radical (unpaired) electrons. The standard InChI is InChI=1S/C10H9BrS/c1-2-3-8-12-10-7-5-4-6-9(10)11/h1,4-7H,3,8H2. The molecular formula is C10H9BrS. The smallest absolute Gasteiger partial charge is 0.0311 e. The molecule has 0 N–H and O–H groups in total. The first kappa shape index (κ1) is 9.70. The van der Waals surface area contributed by atoms with Crippen molar-refractivity contribution in [1.82, 2.24) is 0 Å². The Balaban J connectivity index is 2.53. The third kappa shape index (κ3) is 2.92. The molecule has 1 rings (SSSR count). The Morgan fingerprint density at radius 1 is 1.42 bits per heavy atom. The zero-order valence-corrected chi connectivity index (χ0v) is 8.99. The van der Waals surface area contributed by atoms with E-state index in [0.717, 1.165) is 16.6 Å². The largest absolute Gasteiger partial charge is 0.124 e. The van der Waals surface area contributed by atoms with Crippen LogP contribution in [0.5, 0.6) is 0 Å². The highest BCUT2D eigenvalue weighted by atomic mass is 79.9. The van der Waals surface area contributed by atoms with Gasteiger partial charge >= 0.3 is 0 Å². The van der Waals surface area contributed by atoms with Crippen LogP contribution in [0, 0.1) is 12.3 Å². The lowest BCUT2D eigenvalue weighted by molar-refractivity contribution is 1.28. The SMILES string of the molecule is C#CCCSc1ccccc1Br. The summed E-state index contributed by atoms with van der Waals surface area (Å²) in [5.41, 5.74) is 0. The molecular weight excluding hydrogens is 232 g/mol. The van der Waals surface area contributed by atoms with Gasteiger partial charge in [-0.2, -0.15) is 0 Å². The van der Waals surface area contributed by atoms with E-state index in [-0.39, 0.29) is 0 Å². The van der Waals surface area contributed by atoms with Gasteiger partial charge < -0.3 is 0 Å². The molecule has 62 valence electrons. The van der Waals surface area contributed by atoms with Gasteiger partial charge in [-0.05, 0) is 28.1 Å². The van der Waals surface area contributed by atoms with E-state index >= 15 is 0 Å². The fourth-order valence-corrected chi connectivity index (χ4v) is 2.23. The van der Waals surface area contributed by atoms with Crippen LogP contribution in [0.4, 0.5) is 0 Å². The van der Waals surface area contributed by atoms with Crippen molar-refractivity contribution in [2.45, 2.75) is 11.3 Å². The van der Waals surface area contributed by atoms with Crippen molar-refractivity contribution in [3.8, 4) is 12.3 Å². The molecule has 1 aromatic carbocycles. The Kier molecular flexibility index (Phi) is 4.27. The van der Waals surface area contributed by atoms with E-state index in [1.165, 1.54) is 4.90 Å². The zero-order valence-electron chi connectivity index (χ0n) is 6.59. The molecule has 0 fully saturated rings. The topological polar surface area (TPSA) is 0 Å². The van der Waals surface area contributed by atoms with E-state index in [4.69, 9.17) is 6.42 Å². The van der Waals surface area contributed by atoms with Crippen LogP contribution >= 0.6 is 27.7 Å². The molecule has 0 heterocycles. The maximum atomic E-state index is 5.16. The van der Waals surface area contributed by atoms with Crippen LogP contribution in [0.25, 0.3) is 0 Å². The van der Waals surface area contributed by atoms with Crippen LogP contribution in [0.2, 0.25) is 0 Å². The van der Waals surface area contributed by atoms with Gasteiger partial charge in [0.25, 0.3) is 0 Å². The van der Waals surface area contributed by atoms with Gasteiger partial charge in [0, 0.05) is 21.5 Å². The maximum absolute atomic E-state index is 5.16. The van der Waals surface area contributed by atoms with Gasteiger partial charge in [-0.25, -0.2) is 0 Å². The maximum Gasteiger partial charge on any atom is 0.0311 e. The van der Waals surface area contributed by atoms with Crippen LogP contribution in [-0.4, -0.2) is 5.75 Å². The Morgan fingerprint density at radius 3 is 2.83 bits per heavy atom. The van der Waals surface area contributed by atoms with Crippen molar-refractivity contribution >= 4 is 27.7 Å². The molecule has 0 amide bonds. The first-order valence-corrected chi connectivity index (χ1v) is 5.43. The summed E-state index contributed by atoms with van der Waals surface area (Å²) in [5.74, 6) is 3.61. The molecule has 0 unspecified atom stereocenters. The van der Waals surface area contributed by atoms with Gasteiger partial charge in [0.2, 0.25) is 0 Å². The lowest BCUT2D eigenvalue weighted by Crippen LogP contribution is -1.77. The molecule has 0 bridgehead atoms. The quantitative estimate of drug-likeness (QED) is 0.443. The van der Waals surface area contributed by atoms with Crippen molar-refractivity contribution in [3.05, 3.63) is 28.7 Å². The number of benzene rings is 1. The summed E-state index contributed by atoms with van der Waals surface area (Å²) in [6.07, 6.45) is 5.98. The van der Waals surface area contributed by atoms with Gasteiger partial charge in [-0.15, -0.1) is 24.1 Å². The van der Waals surface area contributed by atoms with Crippen LogP contribution in [0.1, 0.15) is 6.42 Å². The molecule has 0 aromatic heterocycles. The second-order valence-electron chi connectivity index (χ2n) is 2.23. The summed E-state index contributed by atoms with van der Waals surface area (Å²) in [4.78, 5) is 1.26. The number of halogens is 1. The predicted octanol–water partition coefficient (Wildman–Crippen LogP) is 3.56. The van der Waals surface area contributed by atoms with E-state index in [9.17, 15) is 0 Å². The van der Waals surface area contributed by atoms with Crippen LogP contribution < -0.4 is 0 Å². The minimum atomic E-state index is 0.825. The summed E-state index contributed by atoms with van der Waals surface area (Å²) >= 11 is 5.26. The van der Waals surface area contributed by atoms with Gasteiger partial charge in [-0.3, -0.25) is 0 Å². The third-order valence-electron chi connectivity index (χ3n) is 1.34. The van der Waals surface area contributed by atoms with Crippen LogP contribution in [0.3, 0.4) is 0 Å². The van der Waals surface area contributed by atoms with E-state index < -0.39 is 0 Å². The summed E-state index contributed by atoms with van der Waals surface area (Å²) in [5, 5.41) is 0. The Labute approximate surface area is 85.9 Å². The molecule has 2 heteroatoms. The summed E-state index contributed by atoms with van der Waals surface area (Å²) in [6.45, 7) is 0. The Hall–Kier alpha value is -0.390. The second-order valence-corrected chi connectivity index (χ2v) is 4.22. The van der Waals surface area contributed by atoms with E-state index in [2.05, 4.69) is 27.9 Å². The minimum Gasteiger partial charge on any atom is -0.124 e. The van der Waals surface area contributed by atoms with Crippen molar-refractivity contribution in [2.75, 3.05) is 5.75 Å². The highest BCUT2D eigenvalue weighted by Crippen LogP contribution is 2.26. The molecule has 1 aromatic rings. The average Bonchev–Trinajstić information content (AvgIpc) is 2.09. The summed E-state index contributed by atoms with van der Waals surface area (Å²) < 4.78 is 1.15. The van der Waals surface area contributed by atoms with Gasteiger partial charge in [0.1, 0.15) is 0 Å². The second kappa shape index (κ2) is 5.29. The molecule has 0 nitrogen and oxygen atoms in total. The number of hydrogen-bond donors (Lipinski definition) is 0. The summed E-state index contributed by atoms with van der Waals surface area (Å²) in [7, 11) is 0. The monoisotopic (exact) mass is 240 g/mol. The molecule has 0 aliphatic heterocycles. The Morgan fingerprint density at radius 2 is 2.17 bits per heavy atom. The van der Waals surface area contributed by atoms with E-state index in [1.807, 2.05) is 18.2 Å². The number of hydrogen-bond acceptors (Lipinski definition) is 1. The van der Waals surface area contributed by atoms with Gasteiger partial charge in [0.05, 0.1) is 0 Å². The van der Waals surface area contributed by atoms with Crippen molar-refractivity contribution in [1.29, 1.82) is 0 Å². The minimum absolute atomic E-state index is 0.825. The number of thioether (sulfide) groups is 1. The first-order valence-electron chi connectivity index (χ1n) is 3.65. The highest BCUT2D eigenvalue weighted by molar-refractivity contribution is 9.10. The zero-order chi connectivity index (χ0) is 8.81. The average molecular weight is 241 g/mol. The van der Waals surface area contributed by atoms with Crippen molar-refractivity contribution < 1.29 is 0 Å². The fourth-order valence-electron chi connectivity index (χ4n) is 0.782. The first-order chi connectivity index (χ1) is 5.84. The lowest BCUT2D eigenvalue weighted by atomic mass is 10.4. The summed E-state index contributed by atoms with van der Waals surface area (Å²) in [6, 6.07) is 8.17. The molecule has 0 atom stereocenters. The molecule has 0 spiro atoms. The molecule has 12 heavy (non-hydrogen) atoms. The Bertz CT molecular complexity index is 288. The van der Waals surface area contributed by atoms with Gasteiger partial charge in [-0.1, -0.05) is 12.1 Å². The van der Waals surface area contributed by atoms with Crippen LogP contribution in [0.15, 0.2) is 33.6 Å². The van der Waals surface area contributed by atoms with E-state index in [1.54, 1.807) is 11.8 Å². The predicted molar refractivity (Wildman–Crippen MR) is 58.3 cm³/mol. The molecule has 0 saturated carbocycles. The lowest BCUT2D eigenvalue weighted by Gasteiger charge is -2.00. The normalized spacial score (nSPS) is 9.33. The third-order valence-corrected chi connectivity index (χ3v) is 3.37. The van der Waals surface area contributed by atoms with Crippen molar-refractivity contribution in [3.63, 3.8) is 0 Å². The van der Waals surface area contributed by atoms with Crippen molar-refractivity contribution in [2.24, 2.45) is 0 Å². The van der Waals surface area contributed by atoms with Gasteiger partial charge in [0.15, 0.2) is 0 Å². The molecule has 0 aliphatic carbocycles. The highest BCUT2D eigenvalue weighted by Gasteiger charge is 1.96. The number of terminal acetylenes is 1.